The maximum absolute atomic E-state index is 9.63. The monoisotopic (exact) mass is 556 g/mol. The fraction of sp³-hybridized carbons (Fsp3) is 0.500. The molecule has 18 nitrogen and oxygen atoms in total. The van der Waals surface area contributed by atoms with E-state index in [9.17, 15) is 59.4 Å². The van der Waals surface area contributed by atoms with Crippen molar-refractivity contribution in [2.75, 3.05) is 0 Å². The van der Waals surface area contributed by atoms with Crippen LogP contribution in [-0.2, 0) is 70.0 Å². The van der Waals surface area contributed by atoms with Crippen LogP contribution in [-0.4, -0.2) is 103 Å². The van der Waals surface area contributed by atoms with E-state index in [0.717, 1.165) is 0 Å². The van der Waals surface area contributed by atoms with E-state index in [1.54, 1.807) is 0 Å². The predicted molar refractivity (Wildman–Crippen MR) is 66.1 cm³/mol. The second kappa shape index (κ2) is 19.6. The summed E-state index contributed by atoms with van der Waals surface area (Å²) in [5.74, 6) is -12.4. The molecule has 0 fully saturated rings. The minimum absolute atomic E-state index is 0. The van der Waals surface area contributed by atoms with Crippen molar-refractivity contribution in [3.05, 3.63) is 0 Å². The van der Waals surface area contributed by atoms with Crippen molar-refractivity contribution in [1.29, 1.82) is 0 Å². The zero-order valence-corrected chi connectivity index (χ0v) is 19.8. The van der Waals surface area contributed by atoms with E-state index in [4.69, 9.17) is 30.6 Å². The first-order valence-electron chi connectivity index (χ1n) is 6.73. The molecule has 174 valence electrons. The Hall–Kier alpha value is -2.08. The van der Waals surface area contributed by atoms with Gasteiger partial charge >= 0.3 is 41.2 Å². The number of rotatable bonds is 9. The van der Waals surface area contributed by atoms with Crippen molar-refractivity contribution in [2.24, 2.45) is 0 Å². The Morgan fingerprint density at radius 1 is 0.375 bits per heavy atom. The van der Waals surface area contributed by atoms with Gasteiger partial charge in [0.25, 0.3) is 0 Å². The number of carboxylic acids is 6. The van der Waals surface area contributed by atoms with Crippen molar-refractivity contribution in [3.63, 3.8) is 0 Å². The molecule has 0 amide bonds. The molecular weight excluding hydrogens is 545 g/mol. The quantitative estimate of drug-likeness (QED) is 0.143. The summed E-state index contributed by atoms with van der Waals surface area (Å²) in [6, 6.07) is 0. The van der Waals surface area contributed by atoms with Crippen LogP contribution in [0.2, 0.25) is 0 Å². The second-order valence-corrected chi connectivity index (χ2v) is 4.58. The minimum Gasteiger partial charge on any atom is -0.547 e. The number of carbonyl (C=O) groups is 6. The number of aliphatic hydroxyl groups is 6. The summed E-state index contributed by atoms with van der Waals surface area (Å²) < 4.78 is 0. The van der Waals surface area contributed by atoms with E-state index < -0.39 is 72.4 Å². The summed E-state index contributed by atoms with van der Waals surface area (Å²) >= 11 is 0. The molecule has 0 heterocycles. The Morgan fingerprint density at radius 2 is 0.438 bits per heavy atom. The zero-order chi connectivity index (χ0) is 24.9. The van der Waals surface area contributed by atoms with Crippen LogP contribution in [0.5, 0.6) is 0 Å². The average molecular weight is 557 g/mol. The van der Waals surface area contributed by atoms with E-state index >= 15 is 0 Å². The van der Waals surface area contributed by atoms with Crippen molar-refractivity contribution in [1.82, 2.24) is 0 Å². The van der Waals surface area contributed by atoms with Gasteiger partial charge in [-0.1, -0.05) is 0 Å². The van der Waals surface area contributed by atoms with Gasteiger partial charge in [0.05, 0.1) is 35.8 Å². The van der Waals surface area contributed by atoms with E-state index in [0.29, 0.717) is 0 Å². The van der Waals surface area contributed by atoms with E-state index in [-0.39, 0.29) is 41.2 Å². The molecule has 20 heteroatoms. The molecule has 0 rings (SSSR count). The van der Waals surface area contributed by atoms with Crippen molar-refractivity contribution < 1.29 is 131 Å². The first-order chi connectivity index (χ1) is 13.4. The van der Waals surface area contributed by atoms with Gasteiger partial charge in [-0.25, -0.2) is 0 Å². The Labute approximate surface area is 203 Å². The molecule has 0 radical (unpaired) electrons. The van der Waals surface area contributed by atoms with Crippen molar-refractivity contribution in [3.8, 4) is 0 Å². The van der Waals surface area contributed by atoms with E-state index in [1.807, 2.05) is 0 Å². The third-order valence-corrected chi connectivity index (χ3v) is 2.35. The maximum atomic E-state index is 9.63. The zero-order valence-electron chi connectivity index (χ0n) is 15.3. The van der Waals surface area contributed by atoms with Crippen LogP contribution in [0, 0.1) is 0 Å². The number of hydrogen-bond donors (Lipinski definition) is 6. The Morgan fingerprint density at radius 3 is 0.469 bits per heavy atom. The van der Waals surface area contributed by atoms with E-state index in [2.05, 4.69) is 0 Å². The SMILES string of the molecule is O=C([O-])C(O)C(O)C(=O)[O-].O=C([O-])C(O)C(O)C(=O)[O-].O=C([O-])C(O)C(O)C(=O)[O-].[Ti+4].[Zn+2]. The summed E-state index contributed by atoms with van der Waals surface area (Å²) in [6.07, 6.45) is -14.6. The summed E-state index contributed by atoms with van der Waals surface area (Å²) in [5, 5.41) is 107. The van der Waals surface area contributed by atoms with Gasteiger partial charge < -0.3 is 90.0 Å². The number of aliphatic carboxylic acids is 6. The summed E-state index contributed by atoms with van der Waals surface area (Å²) in [7, 11) is 0. The minimum atomic E-state index is -2.44. The van der Waals surface area contributed by atoms with Gasteiger partial charge in [-0.05, 0) is 0 Å². The van der Waals surface area contributed by atoms with Gasteiger partial charge in [-0.15, -0.1) is 0 Å². The molecule has 0 aromatic heterocycles. The molecule has 32 heavy (non-hydrogen) atoms. The molecule has 0 bridgehead atoms. The van der Waals surface area contributed by atoms with Gasteiger partial charge in [-0.2, -0.15) is 0 Å². The Bertz CT molecular complexity index is 500. The normalized spacial score (nSPS) is 14.8. The number of hydrogen-bond acceptors (Lipinski definition) is 18. The number of aliphatic hydroxyl groups excluding tert-OH is 6. The molecule has 0 aliphatic carbocycles. The fourth-order valence-corrected chi connectivity index (χ4v) is 0.773. The van der Waals surface area contributed by atoms with Gasteiger partial charge in [0.15, 0.2) is 0 Å². The van der Waals surface area contributed by atoms with Crippen LogP contribution in [0.3, 0.4) is 0 Å². The molecule has 0 aromatic carbocycles. The molecule has 0 spiro atoms. The van der Waals surface area contributed by atoms with Crippen molar-refractivity contribution in [2.45, 2.75) is 36.6 Å². The molecular formula is C12H12O18TiZn. The van der Waals surface area contributed by atoms with Crippen LogP contribution in [0.25, 0.3) is 0 Å². The fourth-order valence-electron chi connectivity index (χ4n) is 0.773. The predicted octanol–water partition coefficient (Wildman–Crippen LogP) is -14.4. The molecule has 0 saturated heterocycles. The van der Waals surface area contributed by atoms with Crippen LogP contribution in [0.15, 0.2) is 0 Å². The number of carbonyl (C=O) groups excluding carboxylic acids is 6. The summed E-state index contributed by atoms with van der Waals surface area (Å²) in [4.78, 5) is 57.8. The van der Waals surface area contributed by atoms with E-state index in [1.165, 1.54) is 0 Å². The van der Waals surface area contributed by atoms with Crippen LogP contribution in [0.1, 0.15) is 0 Å². The third-order valence-electron chi connectivity index (χ3n) is 2.35. The van der Waals surface area contributed by atoms with Gasteiger partial charge in [0.1, 0.15) is 36.6 Å². The van der Waals surface area contributed by atoms with Crippen LogP contribution in [0.4, 0.5) is 0 Å². The Kier molecular flexibility index (Phi) is 24.7. The summed E-state index contributed by atoms with van der Waals surface area (Å²) in [5.41, 5.74) is 0. The first-order valence-corrected chi connectivity index (χ1v) is 6.73. The van der Waals surface area contributed by atoms with Crippen LogP contribution < -0.4 is 30.6 Å². The molecule has 6 unspecified atom stereocenters. The smallest absolute Gasteiger partial charge is 0.547 e. The maximum Gasteiger partial charge on any atom is 4.00 e. The molecule has 6 atom stereocenters. The van der Waals surface area contributed by atoms with Crippen LogP contribution >= 0.6 is 0 Å². The molecule has 0 saturated carbocycles. The molecule has 0 aromatic rings. The third kappa shape index (κ3) is 17.6. The largest absolute Gasteiger partial charge is 4.00 e. The standard InChI is InChI=1S/3C4H6O6.Ti.Zn/c3*5-1(3(7)8)2(6)4(9)10;;/h3*1-2,5-6H,(H,7,8)(H,9,10);;/q;;;+4;+2/p-6. The van der Waals surface area contributed by atoms with Gasteiger partial charge in [0, 0.05) is 0 Å². The molecule has 0 aliphatic heterocycles. The molecule has 0 aliphatic rings. The molecule has 6 N–H and O–H groups in total. The second-order valence-electron chi connectivity index (χ2n) is 4.58. The van der Waals surface area contributed by atoms with Crippen molar-refractivity contribution >= 4 is 35.8 Å². The van der Waals surface area contributed by atoms with Gasteiger partial charge in [-0.3, -0.25) is 0 Å². The summed E-state index contributed by atoms with van der Waals surface area (Å²) in [6.45, 7) is 0. The average Bonchev–Trinajstić information content (AvgIpc) is 2.64. The van der Waals surface area contributed by atoms with Gasteiger partial charge in [0.2, 0.25) is 0 Å². The number of carboxylic acid groups (broad SMARTS) is 6. The Balaban J connectivity index is -0.000000110. The first kappa shape index (κ1) is 40.3. The topological polar surface area (TPSA) is 362 Å².